The summed E-state index contributed by atoms with van der Waals surface area (Å²) in [4.78, 5) is 0. The fourth-order valence-corrected chi connectivity index (χ4v) is 2.84. The number of alkyl halides is 6. The van der Waals surface area contributed by atoms with Crippen molar-refractivity contribution in [3.8, 4) is 5.75 Å². The van der Waals surface area contributed by atoms with Crippen molar-refractivity contribution in [2.24, 2.45) is 15.9 Å². The SMILES string of the molecule is COc1cc(C(F)(F)F)cc(C(F)(F)F)c1C=NN=C(N)SCc1ccccc1. The Bertz CT molecular complexity index is 895. The summed E-state index contributed by atoms with van der Waals surface area (Å²) in [7, 11) is 0.959. The molecule has 0 bridgehead atoms. The number of rotatable bonds is 5. The quantitative estimate of drug-likeness (QED) is 0.300. The summed E-state index contributed by atoms with van der Waals surface area (Å²) in [5, 5.41) is 7.05. The third-order valence-electron chi connectivity index (χ3n) is 3.57. The Labute approximate surface area is 166 Å². The molecule has 0 aliphatic carbocycles. The Morgan fingerprint density at radius 1 is 1.07 bits per heavy atom. The Kier molecular flexibility index (Phi) is 7.17. The third-order valence-corrected chi connectivity index (χ3v) is 4.42. The Balaban J connectivity index is 2.30. The summed E-state index contributed by atoms with van der Waals surface area (Å²) in [6, 6.07) is 9.67. The zero-order chi connectivity index (χ0) is 21.7. The minimum absolute atomic E-state index is 0.00109. The molecule has 0 unspecified atom stereocenters. The molecule has 2 aromatic carbocycles. The fourth-order valence-electron chi connectivity index (χ4n) is 2.23. The maximum atomic E-state index is 13.3. The van der Waals surface area contributed by atoms with Crippen molar-refractivity contribution in [3.63, 3.8) is 0 Å². The number of methoxy groups -OCH3 is 1. The number of hydrogen-bond acceptors (Lipinski definition) is 4. The summed E-state index contributed by atoms with van der Waals surface area (Å²) in [5.41, 5.74) is 2.89. The summed E-state index contributed by atoms with van der Waals surface area (Å²) in [6.07, 6.45) is -9.37. The number of amidine groups is 1. The summed E-state index contributed by atoms with van der Waals surface area (Å²) >= 11 is 1.10. The van der Waals surface area contributed by atoms with Crippen LogP contribution in [0.15, 0.2) is 52.7 Å². The highest BCUT2D eigenvalue weighted by molar-refractivity contribution is 8.13. The highest BCUT2D eigenvalue weighted by Crippen LogP contribution is 2.40. The molecule has 0 amide bonds. The van der Waals surface area contributed by atoms with Crippen LogP contribution in [-0.4, -0.2) is 18.5 Å². The van der Waals surface area contributed by atoms with E-state index in [1.807, 2.05) is 30.3 Å². The highest BCUT2D eigenvalue weighted by Gasteiger charge is 2.39. The molecular weight excluding hydrogens is 420 g/mol. The Morgan fingerprint density at radius 2 is 1.72 bits per heavy atom. The fraction of sp³-hybridized carbons (Fsp3) is 0.222. The van der Waals surface area contributed by atoms with Gasteiger partial charge < -0.3 is 10.5 Å². The van der Waals surface area contributed by atoms with Crippen LogP contribution in [0.3, 0.4) is 0 Å². The molecule has 0 aliphatic rings. The summed E-state index contributed by atoms with van der Waals surface area (Å²) < 4.78 is 83.2. The maximum Gasteiger partial charge on any atom is 0.417 e. The Morgan fingerprint density at radius 3 is 2.28 bits per heavy atom. The molecule has 0 fully saturated rings. The molecule has 156 valence electrons. The van der Waals surface area contributed by atoms with E-state index in [0.717, 1.165) is 24.4 Å². The average molecular weight is 435 g/mol. The van der Waals surface area contributed by atoms with Gasteiger partial charge in [-0.25, -0.2) is 0 Å². The second-order valence-corrected chi connectivity index (χ2v) is 6.59. The third kappa shape index (κ3) is 6.41. The Hall–Kier alpha value is -2.69. The predicted molar refractivity (Wildman–Crippen MR) is 100.0 cm³/mol. The first-order chi connectivity index (χ1) is 13.5. The standard InChI is InChI=1S/C18H15F6N3OS/c1-28-15-8-12(17(19,20)21)7-14(18(22,23)24)13(15)9-26-27-16(25)29-10-11-5-3-2-4-6-11/h2-9H,10H2,1H3,(H2,25,27). The highest BCUT2D eigenvalue weighted by atomic mass is 32.2. The van der Waals surface area contributed by atoms with E-state index < -0.39 is 34.8 Å². The molecular formula is C18H15F6N3OS. The molecule has 0 radical (unpaired) electrons. The van der Waals surface area contributed by atoms with Crippen LogP contribution < -0.4 is 10.5 Å². The largest absolute Gasteiger partial charge is 0.496 e. The lowest BCUT2D eigenvalue weighted by Gasteiger charge is -2.16. The number of thioether (sulfide) groups is 1. The van der Waals surface area contributed by atoms with Crippen molar-refractivity contribution in [3.05, 3.63) is 64.7 Å². The van der Waals surface area contributed by atoms with E-state index in [2.05, 4.69) is 10.2 Å². The predicted octanol–water partition coefficient (Wildman–Crippen LogP) is 5.31. The number of halogens is 6. The first-order valence-corrected chi connectivity index (χ1v) is 8.90. The normalized spacial score (nSPS) is 13.1. The van der Waals surface area contributed by atoms with E-state index in [-0.39, 0.29) is 11.2 Å². The monoisotopic (exact) mass is 435 g/mol. The number of hydrogen-bond donors (Lipinski definition) is 1. The summed E-state index contributed by atoms with van der Waals surface area (Å²) in [5.74, 6) is -0.176. The molecule has 0 saturated heterocycles. The van der Waals surface area contributed by atoms with Crippen LogP contribution in [0, 0.1) is 0 Å². The molecule has 11 heteroatoms. The number of ether oxygens (including phenoxy) is 1. The molecule has 0 heterocycles. The molecule has 0 saturated carbocycles. The van der Waals surface area contributed by atoms with Gasteiger partial charge in [-0.05, 0) is 17.7 Å². The molecule has 2 N–H and O–H groups in total. The van der Waals surface area contributed by atoms with Crippen LogP contribution in [0.4, 0.5) is 26.3 Å². The molecule has 29 heavy (non-hydrogen) atoms. The van der Waals surface area contributed by atoms with E-state index in [0.29, 0.717) is 18.0 Å². The topological polar surface area (TPSA) is 60.0 Å². The van der Waals surface area contributed by atoms with Gasteiger partial charge in [-0.1, -0.05) is 42.1 Å². The molecule has 0 aliphatic heterocycles. The van der Waals surface area contributed by atoms with E-state index in [1.165, 1.54) is 0 Å². The number of benzene rings is 2. The van der Waals surface area contributed by atoms with Crippen molar-refractivity contribution in [1.82, 2.24) is 0 Å². The van der Waals surface area contributed by atoms with Crippen LogP contribution in [0.1, 0.15) is 22.3 Å². The van der Waals surface area contributed by atoms with E-state index in [1.54, 1.807) is 0 Å². The average Bonchev–Trinajstić information content (AvgIpc) is 2.65. The van der Waals surface area contributed by atoms with Gasteiger partial charge in [0.15, 0.2) is 5.17 Å². The maximum absolute atomic E-state index is 13.3. The van der Waals surface area contributed by atoms with Gasteiger partial charge in [-0.2, -0.15) is 31.4 Å². The smallest absolute Gasteiger partial charge is 0.417 e. The minimum Gasteiger partial charge on any atom is -0.496 e. The van der Waals surface area contributed by atoms with Gasteiger partial charge in [0.1, 0.15) is 5.75 Å². The van der Waals surface area contributed by atoms with Gasteiger partial charge in [0.25, 0.3) is 0 Å². The first-order valence-electron chi connectivity index (χ1n) is 7.92. The molecule has 2 rings (SSSR count). The van der Waals surface area contributed by atoms with Crippen molar-refractivity contribution in [2.45, 2.75) is 18.1 Å². The van der Waals surface area contributed by atoms with Gasteiger partial charge in [-0.15, -0.1) is 5.10 Å². The van der Waals surface area contributed by atoms with E-state index in [9.17, 15) is 26.3 Å². The van der Waals surface area contributed by atoms with Crippen molar-refractivity contribution in [2.75, 3.05) is 7.11 Å². The minimum atomic E-state index is -5.06. The van der Waals surface area contributed by atoms with Crippen molar-refractivity contribution in [1.29, 1.82) is 0 Å². The van der Waals surface area contributed by atoms with Crippen molar-refractivity contribution < 1.29 is 31.1 Å². The van der Waals surface area contributed by atoms with Crippen LogP contribution in [0.2, 0.25) is 0 Å². The second kappa shape index (κ2) is 9.21. The van der Waals surface area contributed by atoms with Crippen LogP contribution in [-0.2, 0) is 18.1 Å². The van der Waals surface area contributed by atoms with Gasteiger partial charge >= 0.3 is 12.4 Å². The zero-order valence-corrected chi connectivity index (χ0v) is 15.7. The van der Waals surface area contributed by atoms with Crippen LogP contribution in [0.25, 0.3) is 0 Å². The molecule has 0 aromatic heterocycles. The van der Waals surface area contributed by atoms with Gasteiger partial charge in [-0.3, -0.25) is 0 Å². The number of nitrogens with two attached hydrogens (primary N) is 1. The second-order valence-electron chi connectivity index (χ2n) is 5.59. The van der Waals surface area contributed by atoms with Crippen LogP contribution >= 0.6 is 11.8 Å². The van der Waals surface area contributed by atoms with Gasteiger partial charge in [0, 0.05) is 11.3 Å². The van der Waals surface area contributed by atoms with Crippen LogP contribution in [0.5, 0.6) is 5.75 Å². The van der Waals surface area contributed by atoms with Gasteiger partial charge in [0.05, 0.1) is 24.5 Å². The first kappa shape index (κ1) is 22.6. The number of nitrogens with zero attached hydrogens (tertiary/aromatic N) is 2. The van der Waals surface area contributed by atoms with E-state index >= 15 is 0 Å². The molecule has 4 nitrogen and oxygen atoms in total. The zero-order valence-electron chi connectivity index (χ0n) is 14.9. The molecule has 0 spiro atoms. The molecule has 0 atom stereocenters. The lowest BCUT2D eigenvalue weighted by Crippen LogP contribution is -2.14. The van der Waals surface area contributed by atoms with Gasteiger partial charge in [0.2, 0.25) is 0 Å². The lowest BCUT2D eigenvalue weighted by molar-refractivity contribution is -0.143. The lowest BCUT2D eigenvalue weighted by atomic mass is 10.0. The van der Waals surface area contributed by atoms with E-state index in [4.69, 9.17) is 10.5 Å². The summed E-state index contributed by atoms with van der Waals surface area (Å²) in [6.45, 7) is 0. The van der Waals surface area contributed by atoms with Crippen molar-refractivity contribution >= 4 is 23.1 Å². The molecule has 2 aromatic rings.